The van der Waals surface area contributed by atoms with Crippen LogP contribution in [-0.2, 0) is 16.1 Å². The van der Waals surface area contributed by atoms with Gasteiger partial charge in [-0.05, 0) is 50.4 Å². The summed E-state index contributed by atoms with van der Waals surface area (Å²) in [5, 5.41) is 7.61. The minimum Gasteiger partial charge on any atom is -0.381 e. The molecule has 0 radical (unpaired) electrons. The van der Waals surface area contributed by atoms with Crippen molar-refractivity contribution in [3.05, 3.63) is 54.4 Å². The zero-order chi connectivity index (χ0) is 19.2. The molecule has 0 spiro atoms. The van der Waals surface area contributed by atoms with Gasteiger partial charge in [0, 0.05) is 37.6 Å². The highest BCUT2D eigenvalue weighted by Gasteiger charge is 2.30. The molecule has 2 aliphatic rings. The summed E-state index contributed by atoms with van der Waals surface area (Å²) in [6, 6.07) is 12.7. The molecule has 2 saturated heterocycles. The molecule has 1 amide bonds. The molecule has 2 aromatic rings. The second-order valence-corrected chi connectivity index (χ2v) is 7.85. The average Bonchev–Trinajstić information content (AvgIpc) is 3.28. The van der Waals surface area contributed by atoms with Crippen LogP contribution in [-0.4, -0.2) is 52.9 Å². The van der Waals surface area contributed by atoms with Crippen LogP contribution < -0.4 is 5.32 Å². The number of aromatic nitrogens is 2. The van der Waals surface area contributed by atoms with E-state index in [2.05, 4.69) is 27.4 Å². The average molecular weight is 383 g/mol. The van der Waals surface area contributed by atoms with E-state index in [9.17, 15) is 4.79 Å². The van der Waals surface area contributed by atoms with E-state index in [1.165, 1.54) is 0 Å². The first-order valence-corrected chi connectivity index (χ1v) is 10.4. The highest BCUT2D eigenvalue weighted by molar-refractivity contribution is 5.79. The van der Waals surface area contributed by atoms with Crippen LogP contribution in [0.2, 0.25) is 0 Å². The summed E-state index contributed by atoms with van der Waals surface area (Å²) in [7, 11) is 0. The molecule has 1 aromatic carbocycles. The van der Waals surface area contributed by atoms with Crippen LogP contribution >= 0.6 is 0 Å². The van der Waals surface area contributed by atoms with Crippen molar-refractivity contribution in [1.82, 2.24) is 20.0 Å². The van der Waals surface area contributed by atoms with E-state index < -0.39 is 0 Å². The van der Waals surface area contributed by atoms with E-state index in [0.29, 0.717) is 12.6 Å². The second kappa shape index (κ2) is 9.34. The lowest BCUT2D eigenvalue weighted by molar-refractivity contribution is -0.127. The number of carbonyl (C=O) groups excluding carboxylic acids is 1. The maximum atomic E-state index is 13.0. The summed E-state index contributed by atoms with van der Waals surface area (Å²) in [6.45, 7) is 4.41. The van der Waals surface area contributed by atoms with Crippen molar-refractivity contribution >= 4 is 5.91 Å². The molecule has 6 nitrogen and oxygen atoms in total. The Morgan fingerprint density at radius 3 is 2.54 bits per heavy atom. The zero-order valence-electron chi connectivity index (χ0n) is 16.4. The van der Waals surface area contributed by atoms with Gasteiger partial charge in [0.1, 0.15) is 0 Å². The van der Waals surface area contributed by atoms with E-state index in [-0.39, 0.29) is 17.9 Å². The topological polar surface area (TPSA) is 59.4 Å². The van der Waals surface area contributed by atoms with Gasteiger partial charge in [-0.25, -0.2) is 0 Å². The number of ether oxygens (including phenoxy) is 1. The highest BCUT2D eigenvalue weighted by Crippen LogP contribution is 2.24. The normalized spacial score (nSPS) is 20.7. The minimum absolute atomic E-state index is 0.0675. The molecule has 1 N–H and O–H groups in total. The van der Waals surface area contributed by atoms with Crippen LogP contribution in [0.4, 0.5) is 0 Å². The van der Waals surface area contributed by atoms with Crippen molar-refractivity contribution < 1.29 is 9.53 Å². The molecule has 0 bridgehead atoms. The molecule has 6 heteroatoms. The Balaban J connectivity index is 1.35. The number of hydrogen-bond acceptors (Lipinski definition) is 4. The molecule has 0 aliphatic carbocycles. The van der Waals surface area contributed by atoms with E-state index in [0.717, 1.165) is 57.6 Å². The predicted molar refractivity (Wildman–Crippen MR) is 108 cm³/mol. The van der Waals surface area contributed by atoms with Gasteiger partial charge in [-0.3, -0.25) is 9.48 Å². The predicted octanol–water partition coefficient (Wildman–Crippen LogP) is 2.63. The molecule has 2 aliphatic heterocycles. The van der Waals surface area contributed by atoms with Crippen LogP contribution in [0.1, 0.15) is 37.3 Å². The van der Waals surface area contributed by atoms with E-state index in [4.69, 9.17) is 4.74 Å². The van der Waals surface area contributed by atoms with Crippen molar-refractivity contribution in [2.45, 2.75) is 44.3 Å². The third-order valence-corrected chi connectivity index (χ3v) is 6.05. The molecule has 28 heavy (non-hydrogen) atoms. The van der Waals surface area contributed by atoms with Gasteiger partial charge in [0.15, 0.2) is 0 Å². The zero-order valence-corrected chi connectivity index (χ0v) is 16.4. The fourth-order valence-electron chi connectivity index (χ4n) is 4.38. The summed E-state index contributed by atoms with van der Waals surface area (Å²) in [6.07, 6.45) is 7.83. The number of hydrogen-bond donors (Lipinski definition) is 1. The number of nitrogens with one attached hydrogen (secondary N) is 1. The first-order valence-electron chi connectivity index (χ1n) is 10.4. The van der Waals surface area contributed by atoms with E-state index >= 15 is 0 Å². The molecule has 0 saturated carbocycles. The molecule has 150 valence electrons. The monoisotopic (exact) mass is 382 g/mol. The maximum Gasteiger partial charge on any atom is 0.223 e. The van der Waals surface area contributed by atoms with Crippen LogP contribution in [0.25, 0.3) is 0 Å². The van der Waals surface area contributed by atoms with E-state index in [1.807, 2.05) is 35.1 Å². The van der Waals surface area contributed by atoms with Gasteiger partial charge in [-0.1, -0.05) is 30.3 Å². The van der Waals surface area contributed by atoms with Crippen molar-refractivity contribution in [3.8, 4) is 0 Å². The molecule has 1 aromatic heterocycles. The van der Waals surface area contributed by atoms with Gasteiger partial charge in [0.2, 0.25) is 5.91 Å². The summed E-state index contributed by atoms with van der Waals surface area (Å²) < 4.78 is 7.36. The van der Waals surface area contributed by atoms with Crippen molar-refractivity contribution in [1.29, 1.82) is 0 Å². The Bertz CT molecular complexity index is 720. The molecule has 4 rings (SSSR count). The second-order valence-electron chi connectivity index (χ2n) is 7.85. The van der Waals surface area contributed by atoms with Crippen LogP contribution in [0.3, 0.4) is 0 Å². The SMILES string of the molecule is O=C(N[C@@H](Cn1cccn1)c1ccccc1)C1CCN(C2CCOCC2)CC1. The molecule has 2 fully saturated rings. The fourth-order valence-corrected chi connectivity index (χ4v) is 4.38. The van der Waals surface area contributed by atoms with Crippen molar-refractivity contribution in [2.24, 2.45) is 5.92 Å². The quantitative estimate of drug-likeness (QED) is 0.834. The molecule has 3 heterocycles. The summed E-state index contributed by atoms with van der Waals surface area (Å²) >= 11 is 0. The molecule has 0 unspecified atom stereocenters. The first-order chi connectivity index (χ1) is 13.8. The molecule has 1 atom stereocenters. The Morgan fingerprint density at radius 1 is 1.11 bits per heavy atom. The number of nitrogens with zero attached hydrogens (tertiary/aromatic N) is 3. The minimum atomic E-state index is -0.0675. The first kappa shape index (κ1) is 19.2. The Labute approximate surface area is 166 Å². The summed E-state index contributed by atoms with van der Waals surface area (Å²) in [5.74, 6) is 0.271. The van der Waals surface area contributed by atoms with Gasteiger partial charge >= 0.3 is 0 Å². The van der Waals surface area contributed by atoms with E-state index in [1.54, 1.807) is 6.20 Å². The molecular formula is C22H30N4O2. The van der Waals surface area contributed by atoms with Crippen LogP contribution in [0.15, 0.2) is 48.8 Å². The molecular weight excluding hydrogens is 352 g/mol. The summed E-state index contributed by atoms with van der Waals surface area (Å²) in [4.78, 5) is 15.6. The lowest BCUT2D eigenvalue weighted by Crippen LogP contribution is -2.47. The standard InChI is InChI=1S/C22H30N4O2/c27-22(19-7-13-25(14-8-19)20-9-15-28-16-10-20)24-21(17-26-12-4-11-23-26)18-5-2-1-3-6-18/h1-6,11-12,19-21H,7-10,13-17H2,(H,24,27)/t21-/m0/s1. The number of likely N-dealkylation sites (tertiary alicyclic amines) is 1. The third kappa shape index (κ3) is 4.80. The van der Waals surface area contributed by atoms with Gasteiger partial charge < -0.3 is 15.0 Å². The van der Waals surface area contributed by atoms with Gasteiger partial charge in [-0.2, -0.15) is 5.10 Å². The highest BCUT2D eigenvalue weighted by atomic mass is 16.5. The maximum absolute atomic E-state index is 13.0. The van der Waals surface area contributed by atoms with Crippen molar-refractivity contribution in [2.75, 3.05) is 26.3 Å². The number of benzene rings is 1. The van der Waals surface area contributed by atoms with Gasteiger partial charge in [0.05, 0.1) is 12.6 Å². The lowest BCUT2D eigenvalue weighted by Gasteiger charge is -2.39. The lowest BCUT2D eigenvalue weighted by atomic mass is 9.93. The fraction of sp³-hybridized carbons (Fsp3) is 0.545. The summed E-state index contributed by atoms with van der Waals surface area (Å²) in [5.41, 5.74) is 1.12. The Hall–Kier alpha value is -2.18. The number of rotatable bonds is 6. The Kier molecular flexibility index (Phi) is 6.39. The Morgan fingerprint density at radius 2 is 1.86 bits per heavy atom. The third-order valence-electron chi connectivity index (χ3n) is 6.05. The van der Waals surface area contributed by atoms with Gasteiger partial charge in [-0.15, -0.1) is 0 Å². The van der Waals surface area contributed by atoms with Crippen LogP contribution in [0.5, 0.6) is 0 Å². The van der Waals surface area contributed by atoms with Crippen molar-refractivity contribution in [3.63, 3.8) is 0 Å². The van der Waals surface area contributed by atoms with Crippen LogP contribution in [0, 0.1) is 5.92 Å². The number of piperidine rings is 1. The number of carbonyl (C=O) groups is 1. The number of amides is 1. The largest absolute Gasteiger partial charge is 0.381 e. The smallest absolute Gasteiger partial charge is 0.223 e. The van der Waals surface area contributed by atoms with Gasteiger partial charge in [0.25, 0.3) is 0 Å².